The van der Waals surface area contributed by atoms with Crippen molar-refractivity contribution in [1.29, 1.82) is 0 Å². The molecule has 0 bridgehead atoms. The van der Waals surface area contributed by atoms with Gasteiger partial charge in [-0.25, -0.2) is 13.8 Å². The van der Waals surface area contributed by atoms with Crippen molar-refractivity contribution in [3.63, 3.8) is 0 Å². The van der Waals surface area contributed by atoms with Gasteiger partial charge in [-0.1, -0.05) is 5.16 Å². The summed E-state index contributed by atoms with van der Waals surface area (Å²) in [6, 6.07) is 7.01. The van der Waals surface area contributed by atoms with Crippen LogP contribution in [-0.4, -0.2) is 59.1 Å². The van der Waals surface area contributed by atoms with E-state index in [0.29, 0.717) is 17.1 Å². The molecule has 0 radical (unpaired) electrons. The molecule has 3 rings (SSSR count). The number of hydrogen-bond acceptors (Lipinski definition) is 5. The Morgan fingerprint density at radius 1 is 1.21 bits per heavy atom. The second kappa shape index (κ2) is 8.52. The summed E-state index contributed by atoms with van der Waals surface area (Å²) in [4.78, 5) is 8.53. The highest BCUT2D eigenvalue weighted by molar-refractivity contribution is 6.00. The van der Waals surface area contributed by atoms with Crippen molar-refractivity contribution in [2.75, 3.05) is 27.2 Å². The number of benzene rings is 1. The summed E-state index contributed by atoms with van der Waals surface area (Å²) in [6.07, 6.45) is 1.87. The number of halogens is 2. The highest BCUT2D eigenvalue weighted by Gasteiger charge is 2.26. The fraction of sp³-hybridized carbons (Fsp3) is 0.400. The van der Waals surface area contributed by atoms with Gasteiger partial charge in [0.25, 0.3) is 0 Å². The van der Waals surface area contributed by atoms with E-state index < -0.39 is 11.6 Å². The Labute approximate surface area is 163 Å². The summed E-state index contributed by atoms with van der Waals surface area (Å²) in [5, 5.41) is 13.2. The quantitative estimate of drug-likeness (QED) is 0.374. The molecule has 2 aromatic rings. The third-order valence-corrected chi connectivity index (χ3v) is 5.01. The molecule has 1 aliphatic rings. The zero-order chi connectivity index (χ0) is 20.3. The van der Waals surface area contributed by atoms with Crippen LogP contribution in [0.15, 0.2) is 35.5 Å². The lowest BCUT2D eigenvalue weighted by atomic mass is 10.0. The number of ether oxygens (including phenoxy) is 1. The number of oxime groups is 1. The Bertz CT molecular complexity index is 867. The SMILES string of the molecule is Cc1ccc(/C(=N/O)N(C)C2CCN(C)CC2)c(Oc2ccc(F)c(F)c2)n1. The Morgan fingerprint density at radius 2 is 1.93 bits per heavy atom. The summed E-state index contributed by atoms with van der Waals surface area (Å²) >= 11 is 0. The van der Waals surface area contributed by atoms with Gasteiger partial charge in [-0.3, -0.25) is 0 Å². The zero-order valence-corrected chi connectivity index (χ0v) is 16.2. The first kappa shape index (κ1) is 20.0. The van der Waals surface area contributed by atoms with Gasteiger partial charge >= 0.3 is 0 Å². The fourth-order valence-electron chi connectivity index (χ4n) is 3.30. The van der Waals surface area contributed by atoms with E-state index in [4.69, 9.17) is 4.74 Å². The molecule has 0 atom stereocenters. The molecule has 8 heteroatoms. The first-order valence-electron chi connectivity index (χ1n) is 9.13. The van der Waals surface area contributed by atoms with E-state index in [-0.39, 0.29) is 17.7 Å². The highest BCUT2D eigenvalue weighted by Crippen LogP contribution is 2.27. The molecule has 1 saturated heterocycles. The van der Waals surface area contributed by atoms with Gasteiger partial charge in [0.2, 0.25) is 5.88 Å². The first-order chi connectivity index (χ1) is 13.4. The van der Waals surface area contributed by atoms with Crippen LogP contribution in [0.1, 0.15) is 24.1 Å². The van der Waals surface area contributed by atoms with Crippen LogP contribution in [0, 0.1) is 18.6 Å². The predicted octanol–water partition coefficient (Wildman–Crippen LogP) is 3.62. The van der Waals surface area contributed by atoms with E-state index in [0.717, 1.165) is 38.1 Å². The number of hydrogen-bond donors (Lipinski definition) is 1. The summed E-state index contributed by atoms with van der Waals surface area (Å²) in [6.45, 7) is 3.70. The van der Waals surface area contributed by atoms with Crippen molar-refractivity contribution in [3.8, 4) is 11.6 Å². The third-order valence-electron chi connectivity index (χ3n) is 5.01. The molecule has 0 amide bonds. The van der Waals surface area contributed by atoms with E-state index in [1.807, 2.05) is 11.9 Å². The van der Waals surface area contributed by atoms with Crippen LogP contribution in [0.3, 0.4) is 0 Å². The molecular weight excluding hydrogens is 366 g/mol. The van der Waals surface area contributed by atoms with Gasteiger partial charge in [0.05, 0.1) is 5.56 Å². The van der Waals surface area contributed by atoms with E-state index in [9.17, 15) is 14.0 Å². The molecule has 0 unspecified atom stereocenters. The third kappa shape index (κ3) is 4.39. The maximum absolute atomic E-state index is 13.5. The van der Waals surface area contributed by atoms with Crippen LogP contribution in [-0.2, 0) is 0 Å². The Kier molecular flexibility index (Phi) is 6.08. The second-order valence-electron chi connectivity index (χ2n) is 7.05. The van der Waals surface area contributed by atoms with Crippen LogP contribution in [0.4, 0.5) is 8.78 Å². The van der Waals surface area contributed by atoms with Crippen molar-refractivity contribution in [1.82, 2.24) is 14.8 Å². The number of pyridine rings is 1. The van der Waals surface area contributed by atoms with Gasteiger partial charge < -0.3 is 19.7 Å². The minimum absolute atomic E-state index is 0.109. The Hall–Kier alpha value is -2.74. The Morgan fingerprint density at radius 3 is 2.57 bits per heavy atom. The lowest BCUT2D eigenvalue weighted by molar-refractivity contribution is 0.187. The molecule has 2 heterocycles. The highest BCUT2D eigenvalue weighted by atomic mass is 19.2. The maximum Gasteiger partial charge on any atom is 0.230 e. The fourth-order valence-corrected chi connectivity index (χ4v) is 3.30. The van der Waals surface area contributed by atoms with Crippen LogP contribution in [0.2, 0.25) is 0 Å². The topological polar surface area (TPSA) is 61.2 Å². The normalized spacial score (nSPS) is 16.2. The monoisotopic (exact) mass is 390 g/mol. The average molecular weight is 390 g/mol. The summed E-state index contributed by atoms with van der Waals surface area (Å²) in [5.74, 6) is -1.37. The molecule has 0 spiro atoms. The van der Waals surface area contributed by atoms with Gasteiger partial charge in [0, 0.05) is 24.8 Å². The maximum atomic E-state index is 13.5. The molecule has 0 aliphatic carbocycles. The molecule has 28 heavy (non-hydrogen) atoms. The molecular formula is C20H24F2N4O2. The minimum atomic E-state index is -1.01. The van der Waals surface area contributed by atoms with E-state index in [1.54, 1.807) is 19.1 Å². The molecule has 150 valence electrons. The van der Waals surface area contributed by atoms with Crippen molar-refractivity contribution in [2.24, 2.45) is 5.16 Å². The number of rotatable bonds is 4. The van der Waals surface area contributed by atoms with Crippen molar-refractivity contribution in [2.45, 2.75) is 25.8 Å². The standard InChI is InChI=1S/C20H24F2N4O2/c1-13-4-6-16(19(24-27)26(3)14-8-10-25(2)11-9-14)20(23-13)28-15-5-7-17(21)18(22)12-15/h4-7,12,14,27H,8-11H2,1-3H3/b24-19-. The molecule has 1 fully saturated rings. The first-order valence-corrected chi connectivity index (χ1v) is 9.13. The van der Waals surface area contributed by atoms with Gasteiger partial charge in [-0.2, -0.15) is 0 Å². The summed E-state index contributed by atoms with van der Waals surface area (Å²) in [7, 11) is 3.95. The molecule has 1 N–H and O–H groups in total. The van der Waals surface area contributed by atoms with Crippen molar-refractivity contribution >= 4 is 5.84 Å². The lowest BCUT2D eigenvalue weighted by Crippen LogP contribution is -2.44. The second-order valence-corrected chi connectivity index (χ2v) is 7.05. The number of nitrogens with zero attached hydrogens (tertiary/aromatic N) is 4. The van der Waals surface area contributed by atoms with Gasteiger partial charge in [-0.05, 0) is 64.2 Å². The lowest BCUT2D eigenvalue weighted by Gasteiger charge is -2.36. The average Bonchev–Trinajstić information content (AvgIpc) is 2.67. The molecule has 1 aliphatic heterocycles. The molecule has 0 saturated carbocycles. The van der Waals surface area contributed by atoms with Crippen LogP contribution < -0.4 is 4.74 Å². The van der Waals surface area contributed by atoms with E-state index >= 15 is 0 Å². The van der Waals surface area contributed by atoms with Crippen molar-refractivity contribution < 1.29 is 18.7 Å². The number of aryl methyl sites for hydroxylation is 1. The number of amidine groups is 1. The summed E-state index contributed by atoms with van der Waals surface area (Å²) < 4.78 is 32.5. The van der Waals surface area contributed by atoms with Crippen LogP contribution >= 0.6 is 0 Å². The Balaban J connectivity index is 1.90. The predicted molar refractivity (Wildman–Crippen MR) is 102 cm³/mol. The smallest absolute Gasteiger partial charge is 0.230 e. The minimum Gasteiger partial charge on any atom is -0.438 e. The number of aromatic nitrogens is 1. The molecule has 6 nitrogen and oxygen atoms in total. The van der Waals surface area contributed by atoms with Gasteiger partial charge in [0.1, 0.15) is 5.75 Å². The van der Waals surface area contributed by atoms with E-state index in [1.165, 1.54) is 6.07 Å². The number of likely N-dealkylation sites (tertiary alicyclic amines) is 1. The van der Waals surface area contributed by atoms with Crippen molar-refractivity contribution in [3.05, 3.63) is 53.2 Å². The largest absolute Gasteiger partial charge is 0.438 e. The summed E-state index contributed by atoms with van der Waals surface area (Å²) in [5.41, 5.74) is 1.15. The number of piperidine rings is 1. The van der Waals surface area contributed by atoms with Gasteiger partial charge in [-0.15, -0.1) is 0 Å². The van der Waals surface area contributed by atoms with Crippen LogP contribution in [0.5, 0.6) is 11.6 Å². The molecule has 1 aromatic carbocycles. The van der Waals surface area contributed by atoms with Crippen LogP contribution in [0.25, 0.3) is 0 Å². The van der Waals surface area contributed by atoms with Gasteiger partial charge in [0.15, 0.2) is 17.5 Å². The molecule has 1 aromatic heterocycles. The van der Waals surface area contributed by atoms with E-state index in [2.05, 4.69) is 22.1 Å². The zero-order valence-electron chi connectivity index (χ0n) is 16.2.